The number of likely N-dealkylation sites (tertiary alicyclic amines) is 1. The molecule has 1 N–H and O–H groups in total. The van der Waals surface area contributed by atoms with E-state index in [-0.39, 0.29) is 5.91 Å². The maximum Gasteiger partial charge on any atom is 0.264 e. The van der Waals surface area contributed by atoms with Crippen LogP contribution in [0, 0.1) is 5.92 Å². The lowest BCUT2D eigenvalue weighted by Gasteiger charge is -2.34. The average Bonchev–Trinajstić information content (AvgIpc) is 2.78. The second-order valence-corrected chi connectivity index (χ2v) is 10.2. The molecule has 6 heteroatoms. The SMILES string of the molecule is COc1ccc2c(c1)CN(C(=O)CCN1CCC(Cc3ccccc3)CC1)C[Si]2O. The number of carbonyl (C=O) groups is 1. The number of benzene rings is 2. The molecule has 1 saturated heterocycles. The Kier molecular flexibility index (Phi) is 6.87. The molecular weight excluding hydrogens is 392 g/mol. The summed E-state index contributed by atoms with van der Waals surface area (Å²) in [4.78, 5) is 27.7. The number of carbonyl (C=O) groups excluding carboxylic acids is 1. The third-order valence-electron chi connectivity index (χ3n) is 6.39. The molecule has 5 nitrogen and oxygen atoms in total. The van der Waals surface area contributed by atoms with Crippen molar-refractivity contribution in [2.75, 3.05) is 32.9 Å². The molecule has 2 aliphatic heterocycles. The van der Waals surface area contributed by atoms with E-state index in [9.17, 15) is 9.59 Å². The zero-order valence-corrected chi connectivity index (χ0v) is 18.7. The molecular formula is C24H31N2O3Si. The Hall–Kier alpha value is -2.15. The summed E-state index contributed by atoms with van der Waals surface area (Å²) < 4.78 is 5.30. The highest BCUT2D eigenvalue weighted by atomic mass is 28.3. The highest BCUT2D eigenvalue weighted by Crippen LogP contribution is 2.22. The van der Waals surface area contributed by atoms with E-state index in [0.29, 0.717) is 19.1 Å². The molecule has 2 aliphatic rings. The molecule has 0 atom stereocenters. The predicted octanol–water partition coefficient (Wildman–Crippen LogP) is 2.11. The highest BCUT2D eigenvalue weighted by Gasteiger charge is 2.30. The van der Waals surface area contributed by atoms with E-state index in [1.165, 1.54) is 18.4 Å². The fraction of sp³-hybridized carbons (Fsp3) is 0.458. The summed E-state index contributed by atoms with van der Waals surface area (Å²) in [5, 5.41) is 1.00. The number of ether oxygens (including phenoxy) is 1. The molecule has 159 valence electrons. The van der Waals surface area contributed by atoms with Crippen LogP contribution in [0.15, 0.2) is 48.5 Å². The molecule has 0 unspecified atom stereocenters. The van der Waals surface area contributed by atoms with Crippen molar-refractivity contribution in [3.8, 4) is 5.75 Å². The van der Waals surface area contributed by atoms with Crippen LogP contribution in [0.3, 0.4) is 0 Å². The minimum absolute atomic E-state index is 0.145. The van der Waals surface area contributed by atoms with Gasteiger partial charge >= 0.3 is 0 Å². The molecule has 0 saturated carbocycles. The van der Waals surface area contributed by atoms with Gasteiger partial charge in [-0.15, -0.1) is 0 Å². The van der Waals surface area contributed by atoms with Gasteiger partial charge in [-0.3, -0.25) is 4.79 Å². The van der Waals surface area contributed by atoms with Gasteiger partial charge in [-0.1, -0.05) is 36.4 Å². The van der Waals surface area contributed by atoms with E-state index in [4.69, 9.17) is 4.74 Å². The first kappa shape index (κ1) is 21.1. The Morgan fingerprint density at radius 2 is 1.93 bits per heavy atom. The normalized spacial score (nSPS) is 18.3. The molecule has 0 bridgehead atoms. The van der Waals surface area contributed by atoms with Gasteiger partial charge < -0.3 is 19.3 Å². The molecule has 0 aliphatic carbocycles. The summed E-state index contributed by atoms with van der Waals surface area (Å²) >= 11 is 0. The quantitative estimate of drug-likeness (QED) is 0.723. The van der Waals surface area contributed by atoms with Crippen molar-refractivity contribution in [3.05, 3.63) is 59.7 Å². The van der Waals surface area contributed by atoms with Crippen molar-refractivity contribution in [2.45, 2.75) is 32.2 Å². The summed E-state index contributed by atoms with van der Waals surface area (Å²) in [7, 11) is -0.0699. The molecule has 1 fully saturated rings. The number of hydrogen-bond donors (Lipinski definition) is 1. The number of methoxy groups -OCH3 is 1. The van der Waals surface area contributed by atoms with Crippen LogP contribution in [0.25, 0.3) is 0 Å². The Labute approximate surface area is 181 Å². The molecule has 1 radical (unpaired) electrons. The van der Waals surface area contributed by atoms with Crippen LogP contribution < -0.4 is 9.92 Å². The summed E-state index contributed by atoms with van der Waals surface area (Å²) in [6, 6.07) is 16.5. The van der Waals surface area contributed by atoms with Crippen molar-refractivity contribution in [1.29, 1.82) is 0 Å². The summed E-state index contributed by atoms with van der Waals surface area (Å²) in [6.45, 7) is 3.52. The van der Waals surface area contributed by atoms with Gasteiger partial charge in [0.25, 0.3) is 9.04 Å². The van der Waals surface area contributed by atoms with Gasteiger partial charge in [0, 0.05) is 25.7 Å². The van der Waals surface area contributed by atoms with Crippen molar-refractivity contribution < 1.29 is 14.3 Å². The molecule has 1 amide bonds. The van der Waals surface area contributed by atoms with Gasteiger partial charge in [0.1, 0.15) is 5.75 Å². The lowest BCUT2D eigenvalue weighted by molar-refractivity contribution is -0.131. The fourth-order valence-electron chi connectivity index (χ4n) is 4.59. The number of piperidine rings is 1. The topological polar surface area (TPSA) is 53.0 Å². The van der Waals surface area contributed by atoms with Crippen LogP contribution in [0.5, 0.6) is 5.75 Å². The maximum absolute atomic E-state index is 12.8. The first-order valence-electron chi connectivity index (χ1n) is 10.9. The maximum atomic E-state index is 12.8. The first-order valence-corrected chi connectivity index (χ1v) is 12.5. The van der Waals surface area contributed by atoms with Gasteiger partial charge in [0.05, 0.1) is 7.11 Å². The number of rotatable bonds is 6. The Morgan fingerprint density at radius 1 is 1.17 bits per heavy atom. The van der Waals surface area contributed by atoms with Crippen LogP contribution in [0.4, 0.5) is 0 Å². The molecule has 2 heterocycles. The van der Waals surface area contributed by atoms with Crippen molar-refractivity contribution in [2.24, 2.45) is 5.92 Å². The van der Waals surface area contributed by atoms with E-state index in [2.05, 4.69) is 35.2 Å². The first-order chi connectivity index (χ1) is 14.6. The molecule has 2 aromatic rings. The summed E-state index contributed by atoms with van der Waals surface area (Å²) in [6.07, 6.45) is 4.55. The van der Waals surface area contributed by atoms with Gasteiger partial charge in [-0.2, -0.15) is 0 Å². The number of nitrogens with zero attached hydrogens (tertiary/aromatic N) is 2. The van der Waals surface area contributed by atoms with Gasteiger partial charge in [-0.05, 0) is 66.7 Å². The molecule has 0 aromatic heterocycles. The lowest BCUT2D eigenvalue weighted by Crippen LogP contribution is -2.52. The highest BCUT2D eigenvalue weighted by molar-refractivity contribution is 6.67. The van der Waals surface area contributed by atoms with E-state index in [1.54, 1.807) is 7.11 Å². The van der Waals surface area contributed by atoms with Gasteiger partial charge in [-0.25, -0.2) is 0 Å². The van der Waals surface area contributed by atoms with Crippen LogP contribution in [0.1, 0.15) is 30.4 Å². The minimum Gasteiger partial charge on any atom is -0.497 e. The summed E-state index contributed by atoms with van der Waals surface area (Å²) in [5.41, 5.74) is 2.45. The van der Waals surface area contributed by atoms with E-state index >= 15 is 0 Å². The zero-order chi connectivity index (χ0) is 20.9. The standard InChI is InChI=1S/C24H31N2O3Si/c1-29-22-7-8-23-21(16-22)17-26(18-30(23)28)24(27)11-14-25-12-9-20(10-13-25)15-19-5-3-2-4-6-19/h2-8,16,20,28H,9-15,17-18H2,1H3. The number of amides is 1. The molecule has 4 rings (SSSR count). The van der Waals surface area contributed by atoms with Crippen molar-refractivity contribution in [3.63, 3.8) is 0 Å². The largest absolute Gasteiger partial charge is 0.497 e. The average molecular weight is 424 g/mol. The Morgan fingerprint density at radius 3 is 2.67 bits per heavy atom. The van der Waals surface area contributed by atoms with E-state index < -0.39 is 9.04 Å². The fourth-order valence-corrected chi connectivity index (χ4v) is 6.20. The number of fused-ring (bicyclic) bond motifs is 1. The Bertz CT molecular complexity index is 853. The molecule has 0 spiro atoms. The third-order valence-corrected chi connectivity index (χ3v) is 8.18. The van der Waals surface area contributed by atoms with E-state index in [0.717, 1.165) is 48.5 Å². The van der Waals surface area contributed by atoms with E-state index in [1.807, 2.05) is 23.1 Å². The second-order valence-electron chi connectivity index (χ2n) is 8.44. The molecule has 2 aromatic carbocycles. The smallest absolute Gasteiger partial charge is 0.264 e. The van der Waals surface area contributed by atoms with Crippen LogP contribution >= 0.6 is 0 Å². The van der Waals surface area contributed by atoms with Crippen LogP contribution in [0.2, 0.25) is 0 Å². The second kappa shape index (κ2) is 9.77. The minimum atomic E-state index is -1.71. The van der Waals surface area contributed by atoms with Crippen LogP contribution in [-0.2, 0) is 17.8 Å². The monoisotopic (exact) mass is 423 g/mol. The zero-order valence-electron chi connectivity index (χ0n) is 17.7. The van der Waals surface area contributed by atoms with Gasteiger partial charge in [0.2, 0.25) is 5.91 Å². The predicted molar refractivity (Wildman–Crippen MR) is 120 cm³/mol. The third kappa shape index (κ3) is 5.12. The molecule has 30 heavy (non-hydrogen) atoms. The Balaban J connectivity index is 1.24. The summed E-state index contributed by atoms with van der Waals surface area (Å²) in [5.74, 6) is 1.66. The number of hydrogen-bond acceptors (Lipinski definition) is 4. The van der Waals surface area contributed by atoms with Crippen LogP contribution in [-0.4, -0.2) is 62.5 Å². The van der Waals surface area contributed by atoms with Gasteiger partial charge in [0.15, 0.2) is 0 Å². The van der Waals surface area contributed by atoms with Crippen molar-refractivity contribution >= 4 is 20.1 Å². The van der Waals surface area contributed by atoms with Crippen molar-refractivity contribution in [1.82, 2.24) is 9.80 Å². The lowest BCUT2D eigenvalue weighted by atomic mass is 9.90.